The molecular weight excluding hydrogens is 238 g/mol. The first-order valence-electron chi connectivity index (χ1n) is 5.65. The van der Waals surface area contributed by atoms with Gasteiger partial charge in [0.2, 0.25) is 5.91 Å². The number of amides is 1. The maximum atomic E-state index is 11.7. The van der Waals surface area contributed by atoms with Crippen molar-refractivity contribution in [1.29, 1.82) is 0 Å². The van der Waals surface area contributed by atoms with Gasteiger partial charge in [-0.3, -0.25) is 9.59 Å². The minimum atomic E-state index is -1.00. The second kappa shape index (κ2) is 6.37. The van der Waals surface area contributed by atoms with E-state index in [0.717, 1.165) is 0 Å². The first-order chi connectivity index (χ1) is 8.09. The number of esters is 2. The molecule has 104 valence electrons. The van der Waals surface area contributed by atoms with Gasteiger partial charge in [-0.25, -0.2) is 4.79 Å². The highest BCUT2D eigenvalue weighted by Gasteiger charge is 2.33. The van der Waals surface area contributed by atoms with Crippen LogP contribution in [0, 0.1) is 5.41 Å². The summed E-state index contributed by atoms with van der Waals surface area (Å²) in [6.07, 6.45) is -0.798. The highest BCUT2D eigenvalue weighted by atomic mass is 16.6. The average Bonchev–Trinajstić information content (AvgIpc) is 2.22. The van der Waals surface area contributed by atoms with Gasteiger partial charge in [0, 0.05) is 6.92 Å². The highest BCUT2D eigenvalue weighted by molar-refractivity contribution is 5.84. The molecule has 0 aliphatic rings. The molecule has 6 nitrogen and oxygen atoms in total. The number of carbonyl (C=O) groups is 3. The van der Waals surface area contributed by atoms with Crippen LogP contribution >= 0.6 is 0 Å². The predicted octanol–water partition coefficient (Wildman–Crippen LogP) is 0.642. The maximum absolute atomic E-state index is 11.7. The molecule has 0 radical (unpaired) electrons. The minimum absolute atomic E-state index is 0.399. The molecular formula is C12H21NO5. The maximum Gasteiger partial charge on any atom is 0.332 e. The lowest BCUT2D eigenvalue weighted by Crippen LogP contribution is -2.49. The summed E-state index contributed by atoms with van der Waals surface area (Å²) >= 11 is 0. The normalized spacial score (nSPS) is 14.3. The molecule has 0 bridgehead atoms. The first kappa shape index (κ1) is 16.4. The Labute approximate surface area is 107 Å². The Hall–Kier alpha value is -1.59. The Kier molecular flexibility index (Phi) is 5.81. The van der Waals surface area contributed by atoms with Crippen LogP contribution < -0.4 is 5.32 Å². The van der Waals surface area contributed by atoms with Gasteiger partial charge in [0.15, 0.2) is 6.04 Å². The number of hydrogen-bond acceptors (Lipinski definition) is 5. The van der Waals surface area contributed by atoms with Crippen molar-refractivity contribution in [2.24, 2.45) is 5.41 Å². The molecule has 1 N–H and O–H groups in total. The summed E-state index contributed by atoms with van der Waals surface area (Å²) in [6.45, 7) is 7.91. The Morgan fingerprint density at radius 3 is 2.00 bits per heavy atom. The van der Waals surface area contributed by atoms with Gasteiger partial charge in [0.05, 0.1) is 12.5 Å². The summed E-state index contributed by atoms with van der Waals surface area (Å²) in [5.74, 6) is -1.50. The molecule has 0 rings (SSSR count). The van der Waals surface area contributed by atoms with E-state index >= 15 is 0 Å². The summed E-state index contributed by atoms with van der Waals surface area (Å²) in [4.78, 5) is 34.2. The van der Waals surface area contributed by atoms with Crippen LogP contribution in [0.2, 0.25) is 0 Å². The van der Waals surface area contributed by atoms with Gasteiger partial charge < -0.3 is 14.8 Å². The van der Waals surface area contributed by atoms with E-state index in [0.29, 0.717) is 0 Å². The van der Waals surface area contributed by atoms with E-state index in [1.165, 1.54) is 21.0 Å². The van der Waals surface area contributed by atoms with Crippen LogP contribution in [0.3, 0.4) is 0 Å². The minimum Gasteiger partial charge on any atom is -0.467 e. The molecule has 18 heavy (non-hydrogen) atoms. The van der Waals surface area contributed by atoms with Crippen LogP contribution in [0.15, 0.2) is 0 Å². The largest absolute Gasteiger partial charge is 0.467 e. The molecule has 0 aliphatic carbocycles. The number of hydrogen-bond donors (Lipinski definition) is 1. The number of rotatable bonds is 4. The molecule has 0 unspecified atom stereocenters. The molecule has 0 fully saturated rings. The summed E-state index contributed by atoms with van der Waals surface area (Å²) in [5, 5.41) is 2.40. The molecule has 0 heterocycles. The van der Waals surface area contributed by atoms with Crippen molar-refractivity contribution in [3.05, 3.63) is 0 Å². The fourth-order valence-electron chi connectivity index (χ4n) is 1.13. The molecule has 2 atom stereocenters. The van der Waals surface area contributed by atoms with Crippen LogP contribution in [-0.4, -0.2) is 37.1 Å². The third-order valence-electron chi connectivity index (χ3n) is 2.19. The summed E-state index contributed by atoms with van der Waals surface area (Å²) in [7, 11) is 1.20. The molecule has 0 aromatic rings. The third-order valence-corrected chi connectivity index (χ3v) is 2.19. The zero-order chi connectivity index (χ0) is 14.5. The second-order valence-electron chi connectivity index (χ2n) is 5.06. The van der Waals surface area contributed by atoms with Crippen LogP contribution in [0.1, 0.15) is 34.6 Å². The van der Waals surface area contributed by atoms with Crippen LogP contribution in [-0.2, 0) is 23.9 Å². The highest BCUT2D eigenvalue weighted by Crippen LogP contribution is 2.17. The van der Waals surface area contributed by atoms with E-state index in [1.807, 2.05) is 0 Å². The Morgan fingerprint density at radius 2 is 1.67 bits per heavy atom. The quantitative estimate of drug-likeness (QED) is 0.749. The van der Waals surface area contributed by atoms with Gasteiger partial charge in [-0.2, -0.15) is 0 Å². The van der Waals surface area contributed by atoms with Gasteiger partial charge >= 0.3 is 11.9 Å². The fraction of sp³-hybridized carbons (Fsp3) is 0.750. The zero-order valence-electron chi connectivity index (χ0n) is 11.7. The van der Waals surface area contributed by atoms with Gasteiger partial charge in [-0.05, 0) is 27.7 Å². The van der Waals surface area contributed by atoms with Gasteiger partial charge in [-0.1, -0.05) is 0 Å². The predicted molar refractivity (Wildman–Crippen MR) is 64.6 cm³/mol. The number of nitrogens with one attached hydrogen (secondary N) is 1. The van der Waals surface area contributed by atoms with E-state index in [-0.39, 0.29) is 0 Å². The Morgan fingerprint density at radius 1 is 1.17 bits per heavy atom. The van der Waals surface area contributed by atoms with Crippen LogP contribution in [0.5, 0.6) is 0 Å². The van der Waals surface area contributed by atoms with E-state index in [4.69, 9.17) is 4.74 Å². The molecule has 6 heteroatoms. The van der Waals surface area contributed by atoms with Gasteiger partial charge in [0.25, 0.3) is 0 Å². The number of carbonyl (C=O) groups excluding carboxylic acids is 3. The number of methoxy groups -OCH3 is 1. The van der Waals surface area contributed by atoms with Crippen LogP contribution in [0.25, 0.3) is 0 Å². The summed E-state index contributed by atoms with van der Waals surface area (Å²) in [6, 6.07) is -1.00. The summed E-state index contributed by atoms with van der Waals surface area (Å²) < 4.78 is 9.70. The van der Waals surface area contributed by atoms with E-state index in [2.05, 4.69) is 10.1 Å². The van der Waals surface area contributed by atoms with Crippen molar-refractivity contribution >= 4 is 17.8 Å². The molecule has 1 amide bonds. The van der Waals surface area contributed by atoms with Crippen LogP contribution in [0.4, 0.5) is 0 Å². The number of ether oxygens (including phenoxy) is 2. The smallest absolute Gasteiger partial charge is 0.332 e. The van der Waals surface area contributed by atoms with Gasteiger partial charge in [0.1, 0.15) is 6.10 Å². The average molecular weight is 259 g/mol. The Balaban J connectivity index is 4.76. The van der Waals surface area contributed by atoms with Gasteiger partial charge in [-0.15, -0.1) is 0 Å². The summed E-state index contributed by atoms with van der Waals surface area (Å²) in [5.41, 5.74) is -0.675. The fourth-order valence-corrected chi connectivity index (χ4v) is 1.13. The first-order valence-corrected chi connectivity index (χ1v) is 5.65. The topological polar surface area (TPSA) is 81.7 Å². The van der Waals surface area contributed by atoms with E-state index in [1.54, 1.807) is 20.8 Å². The Bertz CT molecular complexity index is 332. The molecule has 0 saturated carbocycles. The molecule has 0 aromatic carbocycles. The van der Waals surface area contributed by atoms with Crippen molar-refractivity contribution in [3.63, 3.8) is 0 Å². The molecule has 0 saturated heterocycles. The SMILES string of the molecule is COC(=O)[C@@H](NC(C)=O)[C@@H](C)OC(=O)C(C)(C)C. The monoisotopic (exact) mass is 259 g/mol. The third kappa shape index (κ3) is 5.16. The van der Waals surface area contributed by atoms with Crippen molar-refractivity contribution in [2.45, 2.75) is 46.8 Å². The molecule has 0 spiro atoms. The molecule has 0 aromatic heterocycles. The lowest BCUT2D eigenvalue weighted by Gasteiger charge is -2.25. The second-order valence-corrected chi connectivity index (χ2v) is 5.06. The zero-order valence-corrected chi connectivity index (χ0v) is 11.7. The standard InChI is InChI=1S/C12H21NO5/c1-7(18-11(16)12(3,4)5)9(10(15)17-6)13-8(2)14/h7,9H,1-6H3,(H,13,14)/t7-,9+/m1/s1. The van der Waals surface area contributed by atoms with Crippen molar-refractivity contribution in [3.8, 4) is 0 Å². The lowest BCUT2D eigenvalue weighted by molar-refractivity contribution is -0.164. The lowest BCUT2D eigenvalue weighted by atomic mass is 9.97. The van der Waals surface area contributed by atoms with E-state index in [9.17, 15) is 14.4 Å². The van der Waals surface area contributed by atoms with Crippen molar-refractivity contribution < 1.29 is 23.9 Å². The van der Waals surface area contributed by atoms with Crippen molar-refractivity contribution in [1.82, 2.24) is 5.32 Å². The van der Waals surface area contributed by atoms with Crippen molar-refractivity contribution in [2.75, 3.05) is 7.11 Å². The van der Waals surface area contributed by atoms with E-state index < -0.39 is 35.4 Å². The molecule has 0 aliphatic heterocycles.